The highest BCUT2D eigenvalue weighted by molar-refractivity contribution is 5.78. The van der Waals surface area contributed by atoms with E-state index >= 15 is 0 Å². The molecule has 6 saturated heterocycles. The van der Waals surface area contributed by atoms with Crippen molar-refractivity contribution in [3.8, 4) is 5.75 Å². The molecule has 117 heavy (non-hydrogen) atoms. The lowest BCUT2D eigenvalue weighted by Gasteiger charge is -2.51. The molecule has 6 aliphatic rings. The molecule has 24 heteroatoms. The number of piperidine rings is 6. The summed E-state index contributed by atoms with van der Waals surface area (Å²) in [5.41, 5.74) is 6.16. The van der Waals surface area contributed by atoms with Crippen molar-refractivity contribution in [1.82, 2.24) is 31.4 Å². The summed E-state index contributed by atoms with van der Waals surface area (Å²) in [6, 6.07) is 12.4. The summed E-state index contributed by atoms with van der Waals surface area (Å²) in [6.45, 7) is 54.1. The van der Waals surface area contributed by atoms with Gasteiger partial charge in [-0.15, -0.1) is 10.2 Å². The number of esters is 6. The highest BCUT2D eigenvalue weighted by Crippen LogP contribution is 2.42. The number of anilines is 1. The Hall–Kier alpha value is -5.86. The molecule has 0 saturated carbocycles. The van der Waals surface area contributed by atoms with E-state index in [1.807, 2.05) is 80.5 Å². The molecule has 6 heterocycles. The Morgan fingerprint density at radius 1 is 0.385 bits per heavy atom. The fraction of sp³-hybridized carbons (Fsp3) is 0.806. The van der Waals surface area contributed by atoms with E-state index in [2.05, 4.69) is 149 Å². The van der Waals surface area contributed by atoms with E-state index in [1.165, 1.54) is 10.1 Å². The number of hydrogen-bond donors (Lipinski definition) is 8. The van der Waals surface area contributed by atoms with Crippen LogP contribution in [0.15, 0.2) is 52.7 Å². The normalized spacial score (nSPS) is 22.8. The second-order valence-corrected chi connectivity index (χ2v) is 42.8. The number of phenolic OH excluding ortho intramolecular Hbond substituents is 1. The van der Waals surface area contributed by atoms with Gasteiger partial charge in [-0.2, -0.15) is 10.1 Å². The van der Waals surface area contributed by atoms with Gasteiger partial charge in [-0.05, 0) is 235 Å². The van der Waals surface area contributed by atoms with E-state index in [0.29, 0.717) is 62.0 Å². The second kappa shape index (κ2) is 42.8. The lowest BCUT2D eigenvalue weighted by Crippen LogP contribution is -2.60. The SMILES string of the molecule is CC1(C)CC(OC(=O)CCC(=O)OC2CC(C)(C)N(O)C(C)(C)C2)CC(C)(C)N1O.CC1(C)CC(OC(=O)CCCCCCCCC(=O)OC2CC(C)(C)NC(C)(C)C2)CC(C)(C)N1.CCC(CCCCCCCC(=O)OC1CC(C)(C)NC(C)(C)C1)C(=O)OC1CC(C)(C)NC(C)(C)C1.Cc1ccc(O)c(N=Nc2ccccc2N)c1. The van der Waals surface area contributed by atoms with Gasteiger partial charge in [0, 0.05) is 163 Å². The lowest BCUT2D eigenvalue weighted by molar-refractivity contribution is -0.260. The van der Waals surface area contributed by atoms with Crippen LogP contribution in [0.3, 0.4) is 0 Å². The molecule has 0 aliphatic carbocycles. The van der Waals surface area contributed by atoms with Crippen molar-refractivity contribution >= 4 is 52.9 Å². The third-order valence-corrected chi connectivity index (χ3v) is 23.2. The zero-order valence-corrected chi connectivity index (χ0v) is 77.4. The summed E-state index contributed by atoms with van der Waals surface area (Å²) in [4.78, 5) is 74.4. The molecule has 0 spiro atoms. The number of phenols is 1. The van der Waals surface area contributed by atoms with Gasteiger partial charge in [-0.3, -0.25) is 28.8 Å². The van der Waals surface area contributed by atoms with E-state index < -0.39 is 34.1 Å². The average Bonchev–Trinajstić information content (AvgIpc) is 0.775. The van der Waals surface area contributed by atoms with Crippen molar-refractivity contribution in [2.75, 3.05) is 5.73 Å². The Bertz CT molecular complexity index is 3330. The van der Waals surface area contributed by atoms with Gasteiger partial charge in [0.1, 0.15) is 53.7 Å². The maximum absolute atomic E-state index is 12.9. The molecule has 2 aromatic rings. The van der Waals surface area contributed by atoms with E-state index in [9.17, 15) is 44.3 Å². The zero-order valence-electron chi connectivity index (χ0n) is 77.4. The number of nitrogens with one attached hydrogen (secondary N) is 4. The third kappa shape index (κ3) is 36.8. The number of nitrogens with two attached hydrogens (primary N) is 1. The fourth-order valence-electron chi connectivity index (χ4n) is 19.8. The Kier molecular flexibility index (Phi) is 37.2. The first-order valence-electron chi connectivity index (χ1n) is 44.1. The molecule has 6 fully saturated rings. The summed E-state index contributed by atoms with van der Waals surface area (Å²) >= 11 is 0. The number of carbonyl (C=O) groups is 6. The number of rotatable bonds is 30. The number of unbranched alkanes of at least 4 members (excludes halogenated alkanes) is 9. The van der Waals surface area contributed by atoms with Crippen LogP contribution in [-0.2, 0) is 57.2 Å². The van der Waals surface area contributed by atoms with Crippen LogP contribution in [0, 0.1) is 12.8 Å². The van der Waals surface area contributed by atoms with E-state index in [1.54, 1.807) is 24.3 Å². The van der Waals surface area contributed by atoms with Crippen molar-refractivity contribution in [3.05, 3.63) is 48.0 Å². The highest BCUT2D eigenvalue weighted by Gasteiger charge is 2.49. The minimum absolute atomic E-state index is 0.000484. The van der Waals surface area contributed by atoms with Crippen LogP contribution in [0.2, 0.25) is 0 Å². The number of hydroxylamine groups is 4. The zero-order chi connectivity index (χ0) is 88.2. The fourth-order valence-corrected chi connectivity index (χ4v) is 19.8. The molecule has 2 aromatic carbocycles. The van der Waals surface area contributed by atoms with Crippen molar-refractivity contribution in [1.29, 1.82) is 0 Å². The number of carbonyl (C=O) groups excluding carboxylic acids is 6. The Balaban J connectivity index is 0.000000285. The molecule has 6 aliphatic heterocycles. The van der Waals surface area contributed by atoms with Crippen LogP contribution in [0.4, 0.5) is 17.1 Å². The molecule has 24 nitrogen and oxygen atoms in total. The second-order valence-electron chi connectivity index (χ2n) is 42.8. The van der Waals surface area contributed by atoms with Crippen molar-refractivity contribution in [3.63, 3.8) is 0 Å². The first-order chi connectivity index (χ1) is 53.7. The summed E-state index contributed by atoms with van der Waals surface area (Å²) in [6.07, 6.45) is 22.5. The molecule has 9 N–H and O–H groups in total. The smallest absolute Gasteiger partial charge is 0.309 e. The predicted molar refractivity (Wildman–Crippen MR) is 464 cm³/mol. The Morgan fingerprint density at radius 2 is 0.650 bits per heavy atom. The van der Waals surface area contributed by atoms with Gasteiger partial charge in [0.05, 0.1) is 24.4 Å². The molecular formula is C93H161N9O15. The van der Waals surface area contributed by atoms with Gasteiger partial charge < -0.3 is 70.9 Å². The van der Waals surface area contributed by atoms with Crippen LogP contribution in [0.25, 0.3) is 0 Å². The topological polar surface area (TPSA) is 324 Å². The first-order valence-corrected chi connectivity index (χ1v) is 44.1. The van der Waals surface area contributed by atoms with E-state index in [4.69, 9.17) is 34.2 Å². The van der Waals surface area contributed by atoms with Gasteiger partial charge in [0.2, 0.25) is 0 Å². The maximum atomic E-state index is 12.9. The van der Waals surface area contributed by atoms with Crippen LogP contribution < -0.4 is 27.0 Å². The standard InChI is InChI=1S/C30H56N2O4.C28H52N2O4.C22H40N2O6.C13H13N3O/c1-10-22(26(34)36-24-20-29(6,7)32-30(8,9)21-24)16-14-12-11-13-15-17-25(33)35-23-18-27(2,3)31-28(4,5)19-23;1-25(2)17-21(18-26(3,4)29-25)33-23(31)15-13-11-9-10-12-14-16-24(32)34-22-19-27(5,6)30-28(7,8)20-22;1-19(2)11-15(12-20(3,4)23(19)27)29-17(25)9-10-18(26)30-16-13-21(5,6)24(28)22(7,8)14-16;1-9-6-7-13(17)12(8-9)16-15-11-5-3-2-4-10(11)14/h22-24,31-32H,10-21H2,1-9H3;21-22,29-30H,9-20H2,1-8H3;15-16,27-28H,9-14H2,1-8H3;2-8,17H,14H2,1H3. The number of benzene rings is 2. The monoisotopic (exact) mass is 1640 g/mol. The number of azo groups is 1. The molecule has 0 radical (unpaired) electrons. The minimum atomic E-state index is -0.507. The molecule has 1 atom stereocenters. The van der Waals surface area contributed by atoms with Crippen LogP contribution >= 0.6 is 0 Å². The number of aromatic hydroxyl groups is 1. The van der Waals surface area contributed by atoms with Crippen molar-refractivity contribution in [2.24, 2.45) is 16.1 Å². The van der Waals surface area contributed by atoms with Crippen molar-refractivity contribution in [2.45, 2.75) is 476 Å². The van der Waals surface area contributed by atoms with Gasteiger partial charge in [0.15, 0.2) is 0 Å². The summed E-state index contributed by atoms with van der Waals surface area (Å²) in [5.74, 6) is -0.986. The third-order valence-electron chi connectivity index (χ3n) is 23.2. The summed E-state index contributed by atoms with van der Waals surface area (Å²) in [5, 5.41) is 55.5. The maximum Gasteiger partial charge on any atom is 0.309 e. The van der Waals surface area contributed by atoms with Gasteiger partial charge in [-0.1, -0.05) is 76.5 Å². The molecule has 1 unspecified atom stereocenters. The predicted octanol–water partition coefficient (Wildman–Crippen LogP) is 19.6. The minimum Gasteiger partial charge on any atom is -0.506 e. The summed E-state index contributed by atoms with van der Waals surface area (Å²) < 4.78 is 34.6. The number of aryl methyl sites for hydroxylation is 1. The van der Waals surface area contributed by atoms with Gasteiger partial charge >= 0.3 is 35.8 Å². The number of ether oxygens (including phenoxy) is 6. The molecular weight excluding hydrogens is 1480 g/mol. The molecule has 668 valence electrons. The number of para-hydroxylation sites is 1. The van der Waals surface area contributed by atoms with Crippen LogP contribution in [-0.4, -0.2) is 165 Å². The Morgan fingerprint density at radius 3 is 0.957 bits per heavy atom. The van der Waals surface area contributed by atoms with Crippen molar-refractivity contribution < 1.29 is 72.7 Å². The molecule has 0 aromatic heterocycles. The highest BCUT2D eigenvalue weighted by atomic mass is 16.6. The van der Waals surface area contributed by atoms with E-state index in [-0.39, 0.29) is 129 Å². The average molecular weight is 1650 g/mol. The molecule has 0 amide bonds. The molecule has 0 bridgehead atoms. The lowest BCUT2D eigenvalue weighted by atomic mass is 9.80. The quantitative estimate of drug-likeness (QED) is 0.0118. The Labute approximate surface area is 704 Å². The summed E-state index contributed by atoms with van der Waals surface area (Å²) in [7, 11) is 0. The van der Waals surface area contributed by atoms with Gasteiger partial charge in [0.25, 0.3) is 0 Å². The van der Waals surface area contributed by atoms with E-state index in [0.717, 1.165) is 140 Å². The number of nitrogen functional groups attached to an aromatic ring is 1. The largest absolute Gasteiger partial charge is 0.506 e. The van der Waals surface area contributed by atoms with Gasteiger partial charge in [-0.25, -0.2) is 0 Å². The molecule has 8 rings (SSSR count). The number of hydrogen-bond acceptors (Lipinski definition) is 24. The first kappa shape index (κ1) is 102. The van der Waals surface area contributed by atoms with Crippen LogP contribution in [0.5, 0.6) is 5.75 Å². The number of nitrogens with zero attached hydrogens (tertiary/aromatic N) is 4. The van der Waals surface area contributed by atoms with Crippen LogP contribution in [0.1, 0.15) is 371 Å².